The number of amides is 3. The molecule has 1 spiro atoms. The number of nitrogens with zero attached hydrogens (tertiary/aromatic N) is 2. The average Bonchev–Trinajstić information content (AvgIpc) is 3.71. The van der Waals surface area contributed by atoms with Gasteiger partial charge in [-0.2, -0.15) is 0 Å². The molecule has 10 nitrogen and oxygen atoms in total. The molecule has 7 atom stereocenters. The number of ether oxygens (including phenoxy) is 2. The summed E-state index contributed by atoms with van der Waals surface area (Å²) in [5.74, 6) is -3.44. The van der Waals surface area contributed by atoms with Crippen LogP contribution in [-0.2, 0) is 35.2 Å². The van der Waals surface area contributed by atoms with Crippen molar-refractivity contribution in [3.05, 3.63) is 97.1 Å². The summed E-state index contributed by atoms with van der Waals surface area (Å²) in [7, 11) is 0. The fraction of sp³-hybridized carbons (Fsp3) is 0.444. The number of aliphatic hydroxyl groups is 1. The zero-order valence-electron chi connectivity index (χ0n) is 26.3. The number of esters is 1. The van der Waals surface area contributed by atoms with E-state index in [1.54, 1.807) is 24.0 Å². The Balaban J connectivity index is 1.47. The predicted octanol–water partition coefficient (Wildman–Crippen LogP) is 3.32. The van der Waals surface area contributed by atoms with Crippen LogP contribution in [0, 0.1) is 11.8 Å². The highest BCUT2D eigenvalue weighted by Crippen LogP contribution is 2.60. The van der Waals surface area contributed by atoms with Gasteiger partial charge in [-0.25, -0.2) is 0 Å². The molecule has 3 heterocycles. The van der Waals surface area contributed by atoms with Crippen LogP contribution in [0.4, 0.5) is 0 Å². The summed E-state index contributed by atoms with van der Waals surface area (Å²) < 4.78 is 12.4. The van der Waals surface area contributed by atoms with Gasteiger partial charge in [0.2, 0.25) is 17.7 Å². The summed E-state index contributed by atoms with van der Waals surface area (Å²) in [6, 6.07) is 16.7. The third kappa shape index (κ3) is 6.37. The first-order valence-corrected chi connectivity index (χ1v) is 15.9. The first-order valence-electron chi connectivity index (χ1n) is 15.9. The lowest BCUT2D eigenvalue weighted by Gasteiger charge is -2.39. The lowest BCUT2D eigenvalue weighted by atomic mass is 9.70. The molecule has 3 fully saturated rings. The zero-order valence-corrected chi connectivity index (χ0v) is 26.3. The number of fused-ring (bicyclic) bond motifs is 1. The van der Waals surface area contributed by atoms with Gasteiger partial charge in [0, 0.05) is 19.5 Å². The Labute approximate surface area is 270 Å². The van der Waals surface area contributed by atoms with Gasteiger partial charge >= 0.3 is 5.97 Å². The standard InChI is InChI=1S/C36H43N3O7/c1-4-6-17-29(41)37-21-24(3)45-35(44)30-28-18-19-36(46-28)31(30)33(42)39(27(23-40)26-15-11-8-12-16-26)32(36)34(43)38(20-5-2)22-25-13-9-7-10-14-25/h4-5,7-16,24,27-28,30-32,40H,1-2,6,17-23H2,3H3,(H,37,41)/t24-,27-,28+,30-,31-,32+,36-/m1/s1. The van der Waals surface area contributed by atoms with Gasteiger partial charge < -0.3 is 29.7 Å². The van der Waals surface area contributed by atoms with Crippen LogP contribution in [0.15, 0.2) is 86.0 Å². The highest BCUT2D eigenvalue weighted by molar-refractivity contribution is 5.98. The number of hydrogen-bond acceptors (Lipinski definition) is 7. The molecule has 0 aromatic heterocycles. The number of likely N-dealkylation sites (tertiary alicyclic amines) is 1. The maximum atomic E-state index is 14.7. The summed E-state index contributed by atoms with van der Waals surface area (Å²) in [5.41, 5.74) is 0.302. The van der Waals surface area contributed by atoms with Crippen molar-refractivity contribution in [1.29, 1.82) is 0 Å². The summed E-state index contributed by atoms with van der Waals surface area (Å²) in [5, 5.41) is 13.5. The van der Waals surface area contributed by atoms with Crippen molar-refractivity contribution in [2.45, 2.75) is 69.0 Å². The largest absolute Gasteiger partial charge is 0.460 e. The highest BCUT2D eigenvalue weighted by atomic mass is 16.6. The van der Waals surface area contributed by atoms with Crippen LogP contribution in [0.5, 0.6) is 0 Å². The number of aliphatic hydroxyl groups excluding tert-OH is 1. The first kappa shape index (κ1) is 33.1. The van der Waals surface area contributed by atoms with Gasteiger partial charge in [0.1, 0.15) is 17.7 Å². The molecule has 3 aliphatic rings. The summed E-state index contributed by atoms with van der Waals surface area (Å²) in [6.45, 7) is 9.36. The van der Waals surface area contributed by atoms with E-state index >= 15 is 0 Å². The van der Waals surface area contributed by atoms with E-state index < -0.39 is 60.2 Å². The van der Waals surface area contributed by atoms with Crippen LogP contribution in [-0.4, -0.2) is 82.1 Å². The monoisotopic (exact) mass is 629 g/mol. The topological polar surface area (TPSA) is 125 Å². The Bertz CT molecular complexity index is 1430. The quantitative estimate of drug-likeness (QED) is 0.229. The van der Waals surface area contributed by atoms with Crippen molar-refractivity contribution >= 4 is 23.7 Å². The number of nitrogens with one attached hydrogen (secondary N) is 1. The van der Waals surface area contributed by atoms with Crippen LogP contribution in [0.25, 0.3) is 0 Å². The molecule has 10 heteroatoms. The van der Waals surface area contributed by atoms with E-state index in [1.165, 1.54) is 4.90 Å². The van der Waals surface area contributed by atoms with Gasteiger partial charge in [0.25, 0.3) is 0 Å². The number of carbonyl (C=O) groups is 4. The van der Waals surface area contributed by atoms with Crippen molar-refractivity contribution in [3.63, 3.8) is 0 Å². The molecule has 244 valence electrons. The molecule has 2 N–H and O–H groups in total. The van der Waals surface area contributed by atoms with Gasteiger partial charge in [-0.05, 0) is 37.3 Å². The van der Waals surface area contributed by atoms with Crippen LogP contribution in [0.3, 0.4) is 0 Å². The molecule has 2 aromatic carbocycles. The van der Waals surface area contributed by atoms with E-state index in [4.69, 9.17) is 9.47 Å². The molecular formula is C36H43N3O7. The Morgan fingerprint density at radius 3 is 2.48 bits per heavy atom. The molecule has 0 unspecified atom stereocenters. The molecule has 46 heavy (non-hydrogen) atoms. The minimum absolute atomic E-state index is 0.119. The molecule has 3 amide bonds. The average molecular weight is 630 g/mol. The summed E-state index contributed by atoms with van der Waals surface area (Å²) >= 11 is 0. The minimum atomic E-state index is -1.27. The van der Waals surface area contributed by atoms with Crippen molar-refractivity contribution in [1.82, 2.24) is 15.1 Å². The molecule has 0 aliphatic carbocycles. The number of carbonyl (C=O) groups excluding carboxylic acids is 4. The number of benzene rings is 2. The lowest BCUT2D eigenvalue weighted by Crippen LogP contribution is -2.57. The molecule has 5 rings (SSSR count). The number of rotatable bonds is 15. The third-order valence-corrected chi connectivity index (χ3v) is 9.29. The molecule has 3 saturated heterocycles. The minimum Gasteiger partial charge on any atom is -0.460 e. The van der Waals surface area contributed by atoms with Gasteiger partial charge in [-0.15, -0.1) is 13.2 Å². The second-order valence-corrected chi connectivity index (χ2v) is 12.3. The number of allylic oxidation sites excluding steroid dienone is 1. The molecule has 0 saturated carbocycles. The van der Waals surface area contributed by atoms with E-state index in [1.807, 2.05) is 60.7 Å². The molecule has 2 aromatic rings. The van der Waals surface area contributed by atoms with Gasteiger partial charge in [-0.1, -0.05) is 72.8 Å². The van der Waals surface area contributed by atoms with Crippen molar-refractivity contribution in [2.24, 2.45) is 11.8 Å². The fourth-order valence-corrected chi connectivity index (χ4v) is 7.27. The van der Waals surface area contributed by atoms with E-state index in [-0.39, 0.29) is 37.9 Å². The predicted molar refractivity (Wildman–Crippen MR) is 171 cm³/mol. The Kier molecular flexibility index (Phi) is 10.4. The van der Waals surface area contributed by atoms with E-state index in [2.05, 4.69) is 18.5 Å². The second kappa shape index (κ2) is 14.4. The van der Waals surface area contributed by atoms with Crippen molar-refractivity contribution in [3.8, 4) is 0 Å². The van der Waals surface area contributed by atoms with Crippen LogP contribution < -0.4 is 5.32 Å². The normalized spacial score (nSPS) is 25.8. The highest BCUT2D eigenvalue weighted by Gasteiger charge is 2.75. The first-order chi connectivity index (χ1) is 22.2. The smallest absolute Gasteiger partial charge is 0.312 e. The van der Waals surface area contributed by atoms with Gasteiger partial charge in [0.15, 0.2) is 0 Å². The van der Waals surface area contributed by atoms with Crippen molar-refractivity contribution in [2.75, 3.05) is 19.7 Å². The molecule has 2 bridgehead atoms. The Hall–Kier alpha value is -4.28. The Morgan fingerprint density at radius 1 is 1.13 bits per heavy atom. The van der Waals surface area contributed by atoms with Gasteiger partial charge in [0.05, 0.1) is 37.1 Å². The van der Waals surface area contributed by atoms with Crippen LogP contribution in [0.2, 0.25) is 0 Å². The van der Waals surface area contributed by atoms with Gasteiger partial charge in [-0.3, -0.25) is 19.2 Å². The fourth-order valence-electron chi connectivity index (χ4n) is 7.27. The van der Waals surface area contributed by atoms with Crippen LogP contribution >= 0.6 is 0 Å². The maximum Gasteiger partial charge on any atom is 0.312 e. The Morgan fingerprint density at radius 2 is 1.83 bits per heavy atom. The van der Waals surface area contributed by atoms with E-state index in [0.29, 0.717) is 24.8 Å². The lowest BCUT2D eigenvalue weighted by molar-refractivity contribution is -0.160. The third-order valence-electron chi connectivity index (χ3n) is 9.29. The summed E-state index contributed by atoms with van der Waals surface area (Å²) in [6.07, 6.45) is 3.75. The summed E-state index contributed by atoms with van der Waals surface area (Å²) in [4.78, 5) is 58.2. The zero-order chi connectivity index (χ0) is 32.8. The maximum absolute atomic E-state index is 14.7. The van der Waals surface area contributed by atoms with E-state index in [0.717, 1.165) is 5.56 Å². The molecule has 0 radical (unpaired) electrons. The second-order valence-electron chi connectivity index (χ2n) is 12.3. The molecular weight excluding hydrogens is 586 g/mol. The van der Waals surface area contributed by atoms with E-state index in [9.17, 15) is 24.3 Å². The number of hydrogen-bond donors (Lipinski definition) is 2. The SMILES string of the molecule is C=CCCC(=O)NC[C@@H](C)OC(=O)[C@@H]1[C@@H]2CC[C@]3(O2)[C@H](C(=O)N(CC=C)Cc2ccccc2)N([C@H](CO)c2ccccc2)C(=O)[C@@H]13. The molecule has 3 aliphatic heterocycles. The van der Waals surface area contributed by atoms with Crippen LogP contribution in [0.1, 0.15) is 49.8 Å². The van der Waals surface area contributed by atoms with Crippen molar-refractivity contribution < 1.29 is 33.8 Å².